The lowest BCUT2D eigenvalue weighted by atomic mass is 9.94. The molecule has 1 aromatic carbocycles. The van der Waals surface area contributed by atoms with Crippen LogP contribution >= 0.6 is 0 Å². The zero-order valence-corrected chi connectivity index (χ0v) is 7.33. The van der Waals surface area contributed by atoms with Gasteiger partial charge < -0.3 is 4.90 Å². The highest BCUT2D eigenvalue weighted by Crippen LogP contribution is 2.00. The second kappa shape index (κ2) is 4.00. The quantitative estimate of drug-likeness (QED) is 0.593. The zero-order valence-electron chi connectivity index (χ0n) is 7.33. The van der Waals surface area contributed by atoms with Gasteiger partial charge in [0.25, 0.3) is 0 Å². The van der Waals surface area contributed by atoms with Crippen molar-refractivity contribution in [3.63, 3.8) is 0 Å². The minimum absolute atomic E-state index is 0.810. The normalized spacial score (nSPS) is 9.42. The van der Waals surface area contributed by atoms with E-state index in [9.17, 15) is 0 Å². The summed E-state index contributed by atoms with van der Waals surface area (Å²) in [6.45, 7) is 4.53. The Kier molecular flexibility index (Phi) is 2.97. The van der Waals surface area contributed by atoms with Gasteiger partial charge >= 0.3 is 0 Å². The van der Waals surface area contributed by atoms with E-state index in [1.807, 2.05) is 30.1 Å². The Morgan fingerprint density at radius 1 is 1.58 bits per heavy atom. The van der Waals surface area contributed by atoms with E-state index in [2.05, 4.69) is 12.6 Å². The molecule has 0 aliphatic carbocycles. The number of hydrogen-bond acceptors (Lipinski definition) is 1. The van der Waals surface area contributed by atoms with Crippen LogP contribution in [-0.4, -0.2) is 19.8 Å². The van der Waals surface area contributed by atoms with E-state index in [4.69, 9.17) is 7.85 Å². The SMILES string of the molecule is [B]c1cccc(CN(C)C=C)c1. The van der Waals surface area contributed by atoms with Crippen LogP contribution in [0.25, 0.3) is 0 Å². The Morgan fingerprint density at radius 3 is 2.92 bits per heavy atom. The molecule has 0 aliphatic rings. The minimum atomic E-state index is 0.810. The van der Waals surface area contributed by atoms with Crippen molar-refractivity contribution in [1.82, 2.24) is 4.90 Å². The van der Waals surface area contributed by atoms with E-state index in [1.165, 1.54) is 5.56 Å². The van der Waals surface area contributed by atoms with Crippen molar-refractivity contribution in [2.45, 2.75) is 6.54 Å². The molecule has 0 bridgehead atoms. The first-order valence-electron chi connectivity index (χ1n) is 3.89. The third-order valence-corrected chi connectivity index (χ3v) is 1.69. The van der Waals surface area contributed by atoms with Gasteiger partial charge in [0.05, 0.1) is 0 Å². The Bertz CT molecular complexity index is 270. The molecule has 0 saturated heterocycles. The molecular formula is C10H12BN. The van der Waals surface area contributed by atoms with Gasteiger partial charge in [-0.3, -0.25) is 0 Å². The third-order valence-electron chi connectivity index (χ3n) is 1.69. The smallest absolute Gasteiger partial charge is 0.113 e. The van der Waals surface area contributed by atoms with Crippen molar-refractivity contribution in [2.24, 2.45) is 0 Å². The highest BCUT2D eigenvalue weighted by atomic mass is 15.1. The van der Waals surface area contributed by atoms with E-state index in [-0.39, 0.29) is 0 Å². The van der Waals surface area contributed by atoms with Gasteiger partial charge in [0.15, 0.2) is 0 Å². The minimum Gasteiger partial charge on any atom is -0.377 e. The van der Waals surface area contributed by atoms with Crippen LogP contribution in [0.1, 0.15) is 5.56 Å². The van der Waals surface area contributed by atoms with Gasteiger partial charge in [-0.15, -0.1) is 0 Å². The van der Waals surface area contributed by atoms with Crippen LogP contribution in [0.5, 0.6) is 0 Å². The van der Waals surface area contributed by atoms with Crippen molar-refractivity contribution in [3.8, 4) is 0 Å². The molecule has 1 aromatic rings. The number of rotatable bonds is 3. The van der Waals surface area contributed by atoms with E-state index in [1.54, 1.807) is 6.20 Å². The van der Waals surface area contributed by atoms with Gasteiger partial charge in [0.2, 0.25) is 0 Å². The zero-order chi connectivity index (χ0) is 8.97. The summed E-state index contributed by atoms with van der Waals surface area (Å²) in [5.74, 6) is 0. The van der Waals surface area contributed by atoms with Gasteiger partial charge in [0, 0.05) is 13.6 Å². The molecule has 0 aromatic heterocycles. The second-order valence-electron chi connectivity index (χ2n) is 2.84. The predicted molar refractivity (Wildman–Crippen MR) is 53.5 cm³/mol. The lowest BCUT2D eigenvalue weighted by Gasteiger charge is -2.13. The Hall–Kier alpha value is -1.18. The van der Waals surface area contributed by atoms with E-state index >= 15 is 0 Å². The number of nitrogens with zero attached hydrogens (tertiary/aromatic N) is 1. The molecule has 1 rings (SSSR count). The summed E-state index contributed by atoms with van der Waals surface area (Å²) in [5.41, 5.74) is 2.02. The first kappa shape index (κ1) is 8.92. The molecule has 0 spiro atoms. The van der Waals surface area contributed by atoms with E-state index < -0.39 is 0 Å². The maximum Gasteiger partial charge on any atom is 0.113 e. The Balaban J connectivity index is 2.69. The first-order valence-corrected chi connectivity index (χ1v) is 3.89. The molecule has 0 atom stereocenters. The fourth-order valence-corrected chi connectivity index (χ4v) is 1.04. The molecule has 2 radical (unpaired) electrons. The molecule has 0 fully saturated rings. The maximum atomic E-state index is 5.63. The van der Waals surface area contributed by atoms with Crippen LogP contribution in [0, 0.1) is 0 Å². The van der Waals surface area contributed by atoms with E-state index in [0.717, 1.165) is 12.0 Å². The predicted octanol–water partition coefficient (Wildman–Crippen LogP) is 1.06. The average molecular weight is 157 g/mol. The summed E-state index contributed by atoms with van der Waals surface area (Å²) in [7, 11) is 7.61. The van der Waals surface area contributed by atoms with Crippen LogP contribution in [0.2, 0.25) is 0 Å². The molecule has 0 unspecified atom stereocenters. The number of benzene rings is 1. The summed E-state index contributed by atoms with van der Waals surface area (Å²) >= 11 is 0. The third kappa shape index (κ3) is 2.46. The van der Waals surface area contributed by atoms with Gasteiger partial charge in [-0.1, -0.05) is 36.3 Å². The molecule has 1 nitrogen and oxygen atoms in total. The molecule has 60 valence electrons. The molecule has 12 heavy (non-hydrogen) atoms. The fourth-order valence-electron chi connectivity index (χ4n) is 1.04. The monoisotopic (exact) mass is 157 g/mol. The largest absolute Gasteiger partial charge is 0.377 e. The molecule has 0 amide bonds. The lowest BCUT2D eigenvalue weighted by molar-refractivity contribution is 0.452. The van der Waals surface area contributed by atoms with E-state index in [0.29, 0.717) is 0 Å². The van der Waals surface area contributed by atoms with Crippen molar-refractivity contribution in [2.75, 3.05) is 7.05 Å². The van der Waals surface area contributed by atoms with Crippen LogP contribution in [-0.2, 0) is 6.54 Å². The fraction of sp³-hybridized carbons (Fsp3) is 0.200. The average Bonchev–Trinajstić information content (AvgIpc) is 2.04. The molecular weight excluding hydrogens is 145 g/mol. The molecule has 0 aliphatic heterocycles. The second-order valence-corrected chi connectivity index (χ2v) is 2.84. The molecule has 2 heteroatoms. The highest BCUT2D eigenvalue weighted by molar-refractivity contribution is 6.32. The van der Waals surface area contributed by atoms with Crippen LogP contribution in [0.3, 0.4) is 0 Å². The van der Waals surface area contributed by atoms with Crippen LogP contribution < -0.4 is 5.46 Å². The van der Waals surface area contributed by atoms with Crippen LogP contribution in [0.15, 0.2) is 37.0 Å². The standard InChI is InChI=1S/C10H12BN/c1-3-12(2)8-9-5-4-6-10(11)7-9/h3-7H,1,8H2,2H3. The summed E-state index contributed by atoms with van der Waals surface area (Å²) in [4.78, 5) is 2.01. The van der Waals surface area contributed by atoms with Gasteiger partial charge in [-0.25, -0.2) is 0 Å². The maximum absolute atomic E-state index is 5.63. The topological polar surface area (TPSA) is 3.24 Å². The Labute approximate surface area is 75.1 Å². The first-order chi connectivity index (χ1) is 5.72. The van der Waals surface area contributed by atoms with Crippen molar-refractivity contribution in [3.05, 3.63) is 42.6 Å². The summed E-state index contributed by atoms with van der Waals surface area (Å²) in [6, 6.07) is 7.87. The Morgan fingerprint density at radius 2 is 2.33 bits per heavy atom. The van der Waals surface area contributed by atoms with Crippen LogP contribution in [0.4, 0.5) is 0 Å². The lowest BCUT2D eigenvalue weighted by Crippen LogP contribution is -2.11. The van der Waals surface area contributed by atoms with Crippen molar-refractivity contribution >= 4 is 13.3 Å². The summed E-state index contributed by atoms with van der Waals surface area (Å²) < 4.78 is 0. The summed E-state index contributed by atoms with van der Waals surface area (Å²) in [5, 5.41) is 0. The molecule has 0 saturated carbocycles. The molecule has 0 heterocycles. The van der Waals surface area contributed by atoms with Gasteiger partial charge in [-0.2, -0.15) is 0 Å². The van der Waals surface area contributed by atoms with Crippen molar-refractivity contribution in [1.29, 1.82) is 0 Å². The van der Waals surface area contributed by atoms with Gasteiger partial charge in [0.1, 0.15) is 7.85 Å². The number of hydrogen-bond donors (Lipinski definition) is 0. The molecule has 0 N–H and O–H groups in total. The highest BCUT2D eigenvalue weighted by Gasteiger charge is 1.93. The van der Waals surface area contributed by atoms with Crippen molar-refractivity contribution < 1.29 is 0 Å². The summed E-state index contributed by atoms with van der Waals surface area (Å²) in [6.07, 6.45) is 1.79. The van der Waals surface area contributed by atoms with Gasteiger partial charge in [-0.05, 0) is 11.8 Å².